The average molecular weight is 624 g/mol. The molecule has 1 saturated heterocycles. The fourth-order valence-corrected chi connectivity index (χ4v) is 6.21. The molecule has 0 spiro atoms. The van der Waals surface area contributed by atoms with Gasteiger partial charge in [0.2, 0.25) is 5.91 Å². The van der Waals surface area contributed by atoms with Gasteiger partial charge in [-0.1, -0.05) is 25.1 Å². The second-order valence-electron chi connectivity index (χ2n) is 11.2. The summed E-state index contributed by atoms with van der Waals surface area (Å²) in [6.07, 6.45) is 4.91. The van der Waals surface area contributed by atoms with E-state index in [2.05, 4.69) is 48.0 Å². The maximum absolute atomic E-state index is 13.3. The number of likely N-dealkylation sites (tertiary alicyclic amines) is 1. The van der Waals surface area contributed by atoms with Gasteiger partial charge in [0.05, 0.1) is 35.0 Å². The average Bonchev–Trinajstić information content (AvgIpc) is 3.72. The summed E-state index contributed by atoms with van der Waals surface area (Å²) >= 11 is 1.39. The zero-order chi connectivity index (χ0) is 30.8. The summed E-state index contributed by atoms with van der Waals surface area (Å²) in [5, 5.41) is 11.1. The van der Waals surface area contributed by atoms with Crippen LogP contribution >= 0.6 is 11.5 Å². The van der Waals surface area contributed by atoms with E-state index in [9.17, 15) is 18.0 Å². The first-order valence-corrected chi connectivity index (χ1v) is 15.1. The number of fused-ring (bicyclic) bond motifs is 1. The number of amides is 1. The molecule has 1 aliphatic heterocycles. The van der Waals surface area contributed by atoms with Gasteiger partial charge in [-0.25, -0.2) is 9.97 Å². The number of imidazole rings is 1. The smallest absolute Gasteiger partial charge is 0.350 e. The molecule has 0 aliphatic carbocycles. The molecular formula is C30H32F3N9OS. The second kappa shape index (κ2) is 12.4. The third kappa shape index (κ3) is 6.76. The number of aromatic nitrogens is 6. The van der Waals surface area contributed by atoms with Crippen molar-refractivity contribution in [3.05, 3.63) is 77.6 Å². The number of halogens is 3. The van der Waals surface area contributed by atoms with Gasteiger partial charge in [-0.3, -0.25) is 18.8 Å². The number of benzene rings is 1. The molecule has 5 aromatic rings. The zero-order valence-corrected chi connectivity index (χ0v) is 25.1. The maximum atomic E-state index is 13.3. The molecule has 10 nitrogen and oxygen atoms in total. The van der Waals surface area contributed by atoms with Crippen LogP contribution in [0.3, 0.4) is 0 Å². The van der Waals surface area contributed by atoms with Crippen LogP contribution in [0.2, 0.25) is 0 Å². The third-order valence-electron chi connectivity index (χ3n) is 7.57. The van der Waals surface area contributed by atoms with Gasteiger partial charge in [0.25, 0.3) is 0 Å². The van der Waals surface area contributed by atoms with Gasteiger partial charge in [0.15, 0.2) is 11.5 Å². The van der Waals surface area contributed by atoms with Crippen molar-refractivity contribution < 1.29 is 18.0 Å². The minimum Gasteiger partial charge on any atom is -0.350 e. The van der Waals surface area contributed by atoms with Crippen LogP contribution in [-0.4, -0.2) is 52.4 Å². The minimum atomic E-state index is -4.50. The number of carbonyl (C=O) groups is 1. The first-order valence-electron chi connectivity index (χ1n) is 14.4. The molecule has 0 bridgehead atoms. The molecule has 5 heterocycles. The highest BCUT2D eigenvalue weighted by molar-refractivity contribution is 7.10. The van der Waals surface area contributed by atoms with Gasteiger partial charge in [-0.2, -0.15) is 22.6 Å². The number of alkyl halides is 3. The molecule has 0 saturated carbocycles. The standard InChI is InChI=1S/C30H32F3N9OS/c1-19-6-5-9-40(14-19)17-23-10-27(44-39-23)38-28-29-35-13-25(42(29)15-20(2)37-28)22-12-36-41(16-22)18-26(43)34-11-21-7-3-4-8-24(21)30(31,32)33/h3-4,7-8,10,12-13,15-16,19H,5-6,9,11,14,17-18H2,1-2H3,(H,34,43)(H,37,38). The molecule has 1 aliphatic rings. The van der Waals surface area contributed by atoms with E-state index < -0.39 is 17.6 Å². The van der Waals surface area contributed by atoms with Crippen LogP contribution in [0.1, 0.15) is 42.3 Å². The number of piperidine rings is 1. The lowest BCUT2D eigenvalue weighted by atomic mass is 10.0. The van der Waals surface area contributed by atoms with Crippen molar-refractivity contribution in [2.24, 2.45) is 5.92 Å². The Morgan fingerprint density at radius 2 is 2.02 bits per heavy atom. The van der Waals surface area contributed by atoms with E-state index in [0.717, 1.165) is 53.3 Å². The van der Waals surface area contributed by atoms with Gasteiger partial charge < -0.3 is 10.6 Å². The van der Waals surface area contributed by atoms with Crippen molar-refractivity contribution in [1.82, 2.24) is 38.7 Å². The summed E-state index contributed by atoms with van der Waals surface area (Å²) in [5.41, 5.74) is 3.14. The highest BCUT2D eigenvalue weighted by atomic mass is 32.1. The van der Waals surface area contributed by atoms with Crippen molar-refractivity contribution in [2.45, 2.75) is 52.5 Å². The molecule has 6 rings (SSSR count). The largest absolute Gasteiger partial charge is 0.416 e. The lowest BCUT2D eigenvalue weighted by molar-refractivity contribution is -0.138. The van der Waals surface area contributed by atoms with E-state index >= 15 is 0 Å². The van der Waals surface area contributed by atoms with Gasteiger partial charge >= 0.3 is 6.18 Å². The monoisotopic (exact) mass is 623 g/mol. The second-order valence-corrected chi connectivity index (χ2v) is 12.0. The SMILES string of the molecule is Cc1cn2c(-c3cnn(CC(=O)NCc4ccccc4C(F)(F)F)c3)cnc2c(Nc2cc(CN3CCCC(C)C3)ns2)n1. The normalized spacial score (nSPS) is 16.0. The maximum Gasteiger partial charge on any atom is 0.416 e. The lowest BCUT2D eigenvalue weighted by Gasteiger charge is -2.30. The number of rotatable bonds is 9. The molecule has 44 heavy (non-hydrogen) atoms. The summed E-state index contributed by atoms with van der Waals surface area (Å²) in [5.74, 6) is 0.849. The fourth-order valence-electron chi connectivity index (χ4n) is 5.56. The van der Waals surface area contributed by atoms with E-state index in [4.69, 9.17) is 0 Å². The van der Waals surface area contributed by atoms with Crippen LogP contribution in [0.5, 0.6) is 0 Å². The van der Waals surface area contributed by atoms with Crippen molar-refractivity contribution in [1.29, 1.82) is 0 Å². The Hall–Kier alpha value is -4.30. The molecule has 230 valence electrons. The predicted molar refractivity (Wildman–Crippen MR) is 161 cm³/mol. The molecule has 1 fully saturated rings. The minimum absolute atomic E-state index is 0.000172. The van der Waals surface area contributed by atoms with Crippen molar-refractivity contribution in [3.63, 3.8) is 0 Å². The van der Waals surface area contributed by atoms with E-state index in [-0.39, 0.29) is 18.7 Å². The van der Waals surface area contributed by atoms with Crippen molar-refractivity contribution in [3.8, 4) is 11.3 Å². The molecule has 0 radical (unpaired) electrons. The molecule has 14 heteroatoms. The zero-order valence-electron chi connectivity index (χ0n) is 24.3. The summed E-state index contributed by atoms with van der Waals surface area (Å²) in [4.78, 5) is 24.3. The quantitative estimate of drug-likeness (QED) is 0.218. The highest BCUT2D eigenvalue weighted by Crippen LogP contribution is 2.32. The summed E-state index contributed by atoms with van der Waals surface area (Å²) < 4.78 is 47.8. The van der Waals surface area contributed by atoms with Gasteiger partial charge in [0.1, 0.15) is 11.5 Å². The highest BCUT2D eigenvalue weighted by Gasteiger charge is 2.32. The first-order chi connectivity index (χ1) is 21.1. The van der Waals surface area contributed by atoms with Crippen LogP contribution in [0.15, 0.2) is 55.1 Å². The summed E-state index contributed by atoms with van der Waals surface area (Å²) in [7, 11) is 0. The summed E-state index contributed by atoms with van der Waals surface area (Å²) in [6.45, 7) is 6.82. The Morgan fingerprint density at radius 1 is 1.18 bits per heavy atom. The Kier molecular flexibility index (Phi) is 8.36. The van der Waals surface area contributed by atoms with E-state index in [1.54, 1.807) is 18.6 Å². The van der Waals surface area contributed by atoms with E-state index in [1.165, 1.54) is 47.3 Å². The molecule has 4 aromatic heterocycles. The number of nitrogens with zero attached hydrogens (tertiary/aromatic N) is 7. The topological polar surface area (TPSA) is 105 Å². The molecule has 1 atom stereocenters. The fraction of sp³-hybridized carbons (Fsp3) is 0.367. The van der Waals surface area contributed by atoms with E-state index in [1.807, 2.05) is 17.5 Å². The van der Waals surface area contributed by atoms with Crippen LogP contribution in [-0.2, 0) is 30.6 Å². The number of carbonyl (C=O) groups excluding carboxylic acids is 1. The van der Waals surface area contributed by atoms with Gasteiger partial charge in [0, 0.05) is 37.6 Å². The van der Waals surface area contributed by atoms with E-state index in [0.29, 0.717) is 17.4 Å². The van der Waals surface area contributed by atoms with Crippen LogP contribution in [0, 0.1) is 12.8 Å². The van der Waals surface area contributed by atoms with Gasteiger partial charge in [-0.15, -0.1) is 0 Å². The van der Waals surface area contributed by atoms with Crippen molar-refractivity contribution >= 4 is 33.9 Å². The Labute approximate surface area is 256 Å². The lowest BCUT2D eigenvalue weighted by Crippen LogP contribution is -2.33. The Bertz CT molecular complexity index is 1780. The van der Waals surface area contributed by atoms with Crippen molar-refractivity contribution in [2.75, 3.05) is 18.4 Å². The molecule has 2 N–H and O–H groups in total. The number of hydrogen-bond donors (Lipinski definition) is 2. The molecule has 1 amide bonds. The van der Waals surface area contributed by atoms with Crippen LogP contribution in [0.25, 0.3) is 16.9 Å². The number of nitrogens with one attached hydrogen (secondary N) is 2. The van der Waals surface area contributed by atoms with Crippen LogP contribution in [0.4, 0.5) is 24.0 Å². The molecule has 1 unspecified atom stereocenters. The summed E-state index contributed by atoms with van der Waals surface area (Å²) in [6, 6.07) is 7.24. The number of hydrogen-bond acceptors (Lipinski definition) is 8. The Balaban J connectivity index is 1.13. The molecular weight excluding hydrogens is 591 g/mol. The molecule has 1 aromatic carbocycles. The third-order valence-corrected chi connectivity index (χ3v) is 8.32. The Morgan fingerprint density at radius 3 is 2.84 bits per heavy atom. The number of anilines is 2. The van der Waals surface area contributed by atoms with Gasteiger partial charge in [-0.05, 0) is 61.5 Å². The first kappa shape index (κ1) is 29.8. The number of aryl methyl sites for hydroxylation is 1. The van der Waals surface area contributed by atoms with Crippen LogP contribution < -0.4 is 10.6 Å². The predicted octanol–water partition coefficient (Wildman–Crippen LogP) is 5.67.